The highest BCUT2D eigenvalue weighted by Gasteiger charge is 2.39. The number of alkyl halides is 1. The van der Waals surface area contributed by atoms with Crippen molar-refractivity contribution in [3.8, 4) is 0 Å². The van der Waals surface area contributed by atoms with Crippen molar-refractivity contribution in [2.24, 2.45) is 5.92 Å². The van der Waals surface area contributed by atoms with E-state index < -0.39 is 10.3 Å². The van der Waals surface area contributed by atoms with E-state index in [9.17, 15) is 4.79 Å². The largest absolute Gasteiger partial charge is 0.480 e. The van der Waals surface area contributed by atoms with E-state index >= 15 is 0 Å². The molecule has 1 aliphatic carbocycles. The molecule has 0 saturated heterocycles. The summed E-state index contributed by atoms with van der Waals surface area (Å²) in [7, 11) is 0. The fourth-order valence-electron chi connectivity index (χ4n) is 1.64. The number of carboxylic acids is 1. The summed E-state index contributed by atoms with van der Waals surface area (Å²) in [5, 5.41) is 8.85. The molecule has 0 aliphatic heterocycles. The fraction of sp³-hybridized carbons (Fsp3) is 0.875. The lowest BCUT2D eigenvalue weighted by Gasteiger charge is -2.24. The molecule has 0 radical (unpaired) electrons. The molecular formula is C8H13BrO2. The topological polar surface area (TPSA) is 37.3 Å². The summed E-state index contributed by atoms with van der Waals surface area (Å²) in [5.74, 6) is -0.413. The second-order valence-corrected chi connectivity index (χ2v) is 5.01. The van der Waals surface area contributed by atoms with Crippen LogP contribution >= 0.6 is 15.9 Å². The number of hydrogen-bond donors (Lipinski definition) is 1. The third-order valence-electron chi connectivity index (χ3n) is 2.54. The van der Waals surface area contributed by atoms with Gasteiger partial charge in [0.25, 0.3) is 0 Å². The first kappa shape index (κ1) is 9.04. The summed E-state index contributed by atoms with van der Waals surface area (Å²) in [6.07, 6.45) is 4.46. The zero-order chi connectivity index (χ0) is 8.48. The zero-order valence-electron chi connectivity index (χ0n) is 6.64. The molecule has 0 heterocycles. The van der Waals surface area contributed by atoms with Crippen LogP contribution in [0.25, 0.3) is 0 Å². The number of halogens is 1. The molecule has 1 unspecified atom stereocenters. The third kappa shape index (κ3) is 1.75. The van der Waals surface area contributed by atoms with Gasteiger partial charge in [-0.15, -0.1) is 0 Å². The lowest BCUT2D eigenvalue weighted by Crippen LogP contribution is -2.35. The second kappa shape index (κ2) is 3.13. The van der Waals surface area contributed by atoms with E-state index in [1.807, 2.05) is 0 Å². The van der Waals surface area contributed by atoms with Crippen molar-refractivity contribution in [2.45, 2.75) is 36.9 Å². The Bertz CT molecular complexity index is 159. The minimum absolute atomic E-state index is 0.319. The van der Waals surface area contributed by atoms with Crippen molar-refractivity contribution in [3.63, 3.8) is 0 Å². The summed E-state index contributed by atoms with van der Waals surface area (Å²) in [4.78, 5) is 10.8. The lowest BCUT2D eigenvalue weighted by atomic mass is 9.93. The first-order valence-electron chi connectivity index (χ1n) is 3.97. The number of rotatable bonds is 2. The van der Waals surface area contributed by atoms with Crippen LogP contribution in [0.15, 0.2) is 0 Å². The molecule has 0 aromatic carbocycles. The van der Waals surface area contributed by atoms with Gasteiger partial charge in [0.1, 0.15) is 4.32 Å². The van der Waals surface area contributed by atoms with E-state index in [1.165, 1.54) is 12.8 Å². The van der Waals surface area contributed by atoms with Gasteiger partial charge in [-0.1, -0.05) is 28.8 Å². The highest BCUT2D eigenvalue weighted by Crippen LogP contribution is 2.39. The van der Waals surface area contributed by atoms with Crippen LogP contribution in [0.4, 0.5) is 0 Å². The zero-order valence-corrected chi connectivity index (χ0v) is 8.23. The molecule has 1 fully saturated rings. The van der Waals surface area contributed by atoms with Gasteiger partial charge in [0.05, 0.1) is 0 Å². The Balaban J connectivity index is 2.62. The van der Waals surface area contributed by atoms with E-state index in [0.717, 1.165) is 12.8 Å². The molecule has 0 amide bonds. The Morgan fingerprint density at radius 2 is 2.00 bits per heavy atom. The van der Waals surface area contributed by atoms with Crippen molar-refractivity contribution >= 4 is 21.9 Å². The van der Waals surface area contributed by atoms with Crippen molar-refractivity contribution in [1.29, 1.82) is 0 Å². The maximum Gasteiger partial charge on any atom is 0.320 e. The quantitative estimate of drug-likeness (QED) is 0.727. The fourth-order valence-corrected chi connectivity index (χ4v) is 2.10. The standard InChI is InChI=1S/C8H13BrO2/c1-8(9,7(10)11)6-4-2-3-5-6/h6H,2-5H2,1H3,(H,10,11). The molecule has 11 heavy (non-hydrogen) atoms. The van der Waals surface area contributed by atoms with Gasteiger partial charge in [0.15, 0.2) is 0 Å². The Morgan fingerprint density at radius 1 is 1.55 bits per heavy atom. The Labute approximate surface area is 75.1 Å². The molecule has 1 saturated carbocycles. The highest BCUT2D eigenvalue weighted by atomic mass is 79.9. The minimum Gasteiger partial charge on any atom is -0.480 e. The SMILES string of the molecule is CC(Br)(C(=O)O)C1CCCC1. The van der Waals surface area contributed by atoms with Crippen LogP contribution in [0.3, 0.4) is 0 Å². The van der Waals surface area contributed by atoms with Crippen LogP contribution in [0.1, 0.15) is 32.6 Å². The van der Waals surface area contributed by atoms with E-state index in [4.69, 9.17) is 5.11 Å². The van der Waals surface area contributed by atoms with Gasteiger partial charge in [-0.25, -0.2) is 0 Å². The Hall–Kier alpha value is -0.0500. The maximum absolute atomic E-state index is 10.8. The summed E-state index contributed by atoms with van der Waals surface area (Å²) in [5.41, 5.74) is 0. The van der Waals surface area contributed by atoms with E-state index in [0.29, 0.717) is 5.92 Å². The van der Waals surface area contributed by atoms with E-state index in [1.54, 1.807) is 6.92 Å². The number of carbonyl (C=O) groups is 1. The average Bonchev–Trinajstić information content (AvgIpc) is 2.37. The van der Waals surface area contributed by atoms with Crippen molar-refractivity contribution < 1.29 is 9.90 Å². The monoisotopic (exact) mass is 220 g/mol. The van der Waals surface area contributed by atoms with Gasteiger partial charge in [-0.2, -0.15) is 0 Å². The van der Waals surface area contributed by atoms with Crippen molar-refractivity contribution in [2.75, 3.05) is 0 Å². The Morgan fingerprint density at radius 3 is 2.36 bits per heavy atom. The maximum atomic E-state index is 10.8. The first-order valence-corrected chi connectivity index (χ1v) is 4.76. The highest BCUT2D eigenvalue weighted by molar-refractivity contribution is 9.10. The van der Waals surface area contributed by atoms with Gasteiger partial charge in [-0.05, 0) is 25.7 Å². The summed E-state index contributed by atoms with van der Waals surface area (Å²) in [6, 6.07) is 0. The van der Waals surface area contributed by atoms with E-state index in [-0.39, 0.29) is 0 Å². The van der Waals surface area contributed by atoms with Gasteiger partial charge in [-0.3, -0.25) is 4.79 Å². The van der Waals surface area contributed by atoms with Crippen LogP contribution in [0, 0.1) is 5.92 Å². The summed E-state index contributed by atoms with van der Waals surface area (Å²) >= 11 is 3.27. The number of aliphatic carboxylic acids is 1. The molecule has 1 aliphatic rings. The summed E-state index contributed by atoms with van der Waals surface area (Å²) in [6.45, 7) is 1.76. The smallest absolute Gasteiger partial charge is 0.320 e. The predicted molar refractivity (Wildman–Crippen MR) is 46.9 cm³/mol. The lowest BCUT2D eigenvalue weighted by molar-refractivity contribution is -0.140. The van der Waals surface area contributed by atoms with Crippen molar-refractivity contribution in [1.82, 2.24) is 0 Å². The molecule has 3 heteroatoms. The molecule has 0 aromatic heterocycles. The molecule has 0 spiro atoms. The molecule has 64 valence electrons. The predicted octanol–water partition coefficient (Wildman–Crippen LogP) is 2.41. The molecule has 1 atom stereocenters. The number of hydrogen-bond acceptors (Lipinski definition) is 1. The van der Waals surface area contributed by atoms with Gasteiger partial charge >= 0.3 is 5.97 Å². The van der Waals surface area contributed by atoms with Gasteiger partial charge < -0.3 is 5.11 Å². The molecular weight excluding hydrogens is 208 g/mol. The van der Waals surface area contributed by atoms with Gasteiger partial charge in [0.2, 0.25) is 0 Å². The second-order valence-electron chi connectivity index (χ2n) is 3.36. The third-order valence-corrected chi connectivity index (χ3v) is 3.53. The van der Waals surface area contributed by atoms with Gasteiger partial charge in [0, 0.05) is 0 Å². The molecule has 2 nitrogen and oxygen atoms in total. The number of carboxylic acid groups (broad SMARTS) is 1. The molecule has 1 rings (SSSR count). The Kier molecular flexibility index (Phi) is 2.58. The minimum atomic E-state index is -0.732. The molecule has 1 N–H and O–H groups in total. The van der Waals surface area contributed by atoms with Crippen molar-refractivity contribution in [3.05, 3.63) is 0 Å². The van der Waals surface area contributed by atoms with Crippen LogP contribution in [0.5, 0.6) is 0 Å². The molecule has 0 aromatic rings. The van der Waals surface area contributed by atoms with Crippen LogP contribution in [-0.2, 0) is 4.79 Å². The molecule has 0 bridgehead atoms. The van der Waals surface area contributed by atoms with Crippen LogP contribution in [0.2, 0.25) is 0 Å². The first-order chi connectivity index (χ1) is 5.05. The normalized spacial score (nSPS) is 24.9. The van der Waals surface area contributed by atoms with Crippen LogP contribution < -0.4 is 0 Å². The van der Waals surface area contributed by atoms with Crippen LogP contribution in [-0.4, -0.2) is 15.4 Å². The van der Waals surface area contributed by atoms with E-state index in [2.05, 4.69) is 15.9 Å². The summed E-state index contributed by atoms with van der Waals surface area (Å²) < 4.78 is -0.691. The average molecular weight is 221 g/mol.